The Morgan fingerprint density at radius 2 is 1.63 bits per heavy atom. The van der Waals surface area contributed by atoms with Crippen molar-refractivity contribution < 1.29 is 27.5 Å². The number of aryl methyl sites for hydroxylation is 2. The summed E-state index contributed by atoms with van der Waals surface area (Å²) in [5.74, 6) is -0.816. The smallest absolute Gasteiger partial charge is 0.376 e. The molecule has 0 spiro atoms. The molecule has 204 valence electrons. The van der Waals surface area contributed by atoms with Crippen molar-refractivity contribution in [3.8, 4) is 0 Å². The van der Waals surface area contributed by atoms with E-state index in [2.05, 4.69) is 31.3 Å². The number of nitrogens with one attached hydrogen (secondary N) is 2. The molecule has 0 aliphatic carbocycles. The number of rotatable bonds is 11. The summed E-state index contributed by atoms with van der Waals surface area (Å²) in [5, 5.41) is 21.1. The summed E-state index contributed by atoms with van der Waals surface area (Å²) < 4.78 is 47.3. The monoisotopic (exact) mass is 534 g/mol. The maximum atomic E-state index is 12.8. The zero-order chi connectivity index (χ0) is 27.0. The van der Waals surface area contributed by atoms with Gasteiger partial charge in [-0.15, -0.1) is 10.2 Å². The Bertz CT molecular complexity index is 1220. The Kier molecular flexibility index (Phi) is 9.05. The van der Waals surface area contributed by atoms with E-state index in [0.29, 0.717) is 31.6 Å². The maximum Gasteiger partial charge on any atom is 0.416 e. The van der Waals surface area contributed by atoms with E-state index < -0.39 is 17.6 Å². The largest absolute Gasteiger partial charge is 0.416 e. The lowest BCUT2D eigenvalue weighted by Crippen LogP contribution is -2.35. The quantitative estimate of drug-likeness (QED) is 0.362. The molecule has 4 rings (SSSR count). The normalized spacial score (nSPS) is 15.8. The predicted molar refractivity (Wildman–Crippen MR) is 128 cm³/mol. The number of halogens is 3. The number of amides is 2. The van der Waals surface area contributed by atoms with Gasteiger partial charge in [0.2, 0.25) is 0 Å². The van der Waals surface area contributed by atoms with Crippen LogP contribution < -0.4 is 10.6 Å². The Morgan fingerprint density at radius 3 is 2.24 bits per heavy atom. The number of aromatic nitrogens is 6. The summed E-state index contributed by atoms with van der Waals surface area (Å²) in [7, 11) is 0. The molecule has 1 aliphatic rings. The number of carbonyl (C=O) groups is 2. The number of hydrogen-bond donors (Lipinski definition) is 2. The molecule has 0 bridgehead atoms. The van der Waals surface area contributed by atoms with E-state index in [-0.39, 0.29) is 29.9 Å². The molecule has 2 N–H and O–H groups in total. The molecule has 2 amide bonds. The van der Waals surface area contributed by atoms with Crippen LogP contribution in [0.3, 0.4) is 0 Å². The lowest BCUT2D eigenvalue weighted by atomic mass is 10.1. The van der Waals surface area contributed by atoms with Crippen LogP contribution in [0, 0.1) is 0 Å². The summed E-state index contributed by atoms with van der Waals surface area (Å²) in [6, 6.07) is 4.77. The topological polar surface area (TPSA) is 129 Å². The van der Waals surface area contributed by atoms with Gasteiger partial charge < -0.3 is 15.4 Å². The van der Waals surface area contributed by atoms with Crippen molar-refractivity contribution >= 4 is 11.8 Å². The third-order valence-corrected chi connectivity index (χ3v) is 6.04. The van der Waals surface area contributed by atoms with Gasteiger partial charge in [-0.1, -0.05) is 22.6 Å². The van der Waals surface area contributed by atoms with Gasteiger partial charge in [-0.2, -0.15) is 13.2 Å². The first-order valence-electron chi connectivity index (χ1n) is 12.4. The van der Waals surface area contributed by atoms with Crippen LogP contribution in [0.5, 0.6) is 0 Å². The van der Waals surface area contributed by atoms with Crippen molar-refractivity contribution in [3.63, 3.8) is 0 Å². The van der Waals surface area contributed by atoms with Gasteiger partial charge >= 0.3 is 6.18 Å². The van der Waals surface area contributed by atoms with Crippen LogP contribution in [-0.2, 0) is 30.5 Å². The molecule has 1 fully saturated rings. The molecule has 38 heavy (non-hydrogen) atoms. The fraction of sp³-hybridized carbons (Fsp3) is 0.500. The molecule has 2 aromatic heterocycles. The van der Waals surface area contributed by atoms with Crippen molar-refractivity contribution in [1.29, 1.82) is 0 Å². The second-order valence-electron chi connectivity index (χ2n) is 9.02. The fourth-order valence-electron chi connectivity index (χ4n) is 3.97. The van der Waals surface area contributed by atoms with Crippen molar-refractivity contribution in [1.82, 2.24) is 40.6 Å². The number of hydrogen-bond acceptors (Lipinski definition) is 7. The van der Waals surface area contributed by atoms with E-state index in [1.165, 1.54) is 23.0 Å². The molecule has 3 heterocycles. The zero-order valence-corrected chi connectivity index (χ0v) is 20.7. The summed E-state index contributed by atoms with van der Waals surface area (Å²) in [6.45, 7) is 2.16. The number of nitrogens with zero attached hydrogens (tertiary/aromatic N) is 6. The molecule has 14 heteroatoms. The molecule has 1 unspecified atom stereocenters. The molecular formula is C24H29F3N8O3. The Hall–Kier alpha value is -3.81. The average Bonchev–Trinajstić information content (AvgIpc) is 3.59. The number of ether oxygens (including phenoxy) is 1. The van der Waals surface area contributed by atoms with E-state index in [9.17, 15) is 22.8 Å². The molecule has 11 nitrogen and oxygen atoms in total. The van der Waals surface area contributed by atoms with Crippen LogP contribution in [0.1, 0.15) is 64.2 Å². The average molecular weight is 535 g/mol. The highest BCUT2D eigenvalue weighted by Gasteiger charge is 2.30. The van der Waals surface area contributed by atoms with Crippen molar-refractivity contribution in [3.05, 3.63) is 59.2 Å². The molecule has 1 aliphatic heterocycles. The van der Waals surface area contributed by atoms with Gasteiger partial charge in [-0.05, 0) is 49.8 Å². The van der Waals surface area contributed by atoms with Crippen molar-refractivity contribution in [2.75, 3.05) is 13.2 Å². The maximum absolute atomic E-state index is 12.8. The van der Waals surface area contributed by atoms with Gasteiger partial charge in [-0.3, -0.25) is 19.0 Å². The molecule has 0 saturated carbocycles. The number of unbranched alkanes of at least 4 members (excludes halogenated alkanes) is 1. The molecule has 3 aromatic rings. The molecule has 1 saturated heterocycles. The molecule has 1 aromatic carbocycles. The highest BCUT2D eigenvalue weighted by atomic mass is 19.4. The predicted octanol–water partition coefficient (Wildman–Crippen LogP) is 2.60. The van der Waals surface area contributed by atoms with Gasteiger partial charge in [0.05, 0.1) is 24.1 Å². The highest BCUT2D eigenvalue weighted by molar-refractivity contribution is 5.92. The van der Waals surface area contributed by atoms with Crippen LogP contribution >= 0.6 is 0 Å². The lowest BCUT2D eigenvalue weighted by molar-refractivity contribution is -0.137. The number of carbonyl (C=O) groups excluding carboxylic acids is 2. The van der Waals surface area contributed by atoms with E-state index in [1.54, 1.807) is 10.9 Å². The van der Waals surface area contributed by atoms with Crippen LogP contribution in [-0.4, -0.2) is 61.1 Å². The molecule has 1 atom stereocenters. The first kappa shape index (κ1) is 27.2. The fourth-order valence-corrected chi connectivity index (χ4v) is 3.97. The van der Waals surface area contributed by atoms with Crippen LogP contribution in [0.4, 0.5) is 13.2 Å². The second kappa shape index (κ2) is 12.6. The van der Waals surface area contributed by atoms with Gasteiger partial charge in [0.25, 0.3) is 11.8 Å². The van der Waals surface area contributed by atoms with E-state index in [0.717, 1.165) is 44.4 Å². The Morgan fingerprint density at radius 1 is 0.974 bits per heavy atom. The summed E-state index contributed by atoms with van der Waals surface area (Å²) in [4.78, 5) is 24.6. The Labute approximate surface area is 216 Å². The SMILES string of the molecule is O=C(NCc1cccc(C(F)(F)F)c1)c1cn(CCCCn2cc(C(=O)NCC3CCCCO3)nn2)nn1. The minimum absolute atomic E-state index is 0.0430. The third-order valence-electron chi connectivity index (χ3n) is 6.04. The van der Waals surface area contributed by atoms with Gasteiger partial charge in [-0.25, -0.2) is 0 Å². The van der Waals surface area contributed by atoms with Gasteiger partial charge in [0, 0.05) is 32.8 Å². The number of benzene rings is 1. The van der Waals surface area contributed by atoms with E-state index in [1.807, 2.05) is 0 Å². The zero-order valence-electron chi connectivity index (χ0n) is 20.7. The Balaban J connectivity index is 1.15. The third kappa shape index (κ3) is 7.84. The van der Waals surface area contributed by atoms with Gasteiger partial charge in [0.15, 0.2) is 11.4 Å². The minimum atomic E-state index is -4.45. The first-order chi connectivity index (χ1) is 18.3. The molecule has 0 radical (unpaired) electrons. The van der Waals surface area contributed by atoms with Gasteiger partial charge in [0.1, 0.15) is 0 Å². The van der Waals surface area contributed by atoms with Crippen molar-refractivity contribution in [2.24, 2.45) is 0 Å². The summed E-state index contributed by atoms with van der Waals surface area (Å²) in [5.41, 5.74) is -0.127. The van der Waals surface area contributed by atoms with E-state index in [4.69, 9.17) is 4.74 Å². The lowest BCUT2D eigenvalue weighted by Gasteiger charge is -2.22. The number of alkyl halides is 3. The summed E-state index contributed by atoms with van der Waals surface area (Å²) in [6.07, 6.45) is 3.19. The van der Waals surface area contributed by atoms with E-state index >= 15 is 0 Å². The molecular weight excluding hydrogens is 505 g/mol. The second-order valence-corrected chi connectivity index (χ2v) is 9.02. The highest BCUT2D eigenvalue weighted by Crippen LogP contribution is 2.29. The minimum Gasteiger partial charge on any atom is -0.376 e. The van der Waals surface area contributed by atoms with Crippen LogP contribution in [0.15, 0.2) is 36.7 Å². The standard InChI is InChI=1S/C24H29F3N8O3/c25-24(26,27)18-7-5-6-17(12-18)13-28-22(36)20-15-34(32-30-20)9-2-3-10-35-16-21(31-33-35)23(37)29-14-19-8-1-4-11-38-19/h5-7,12,15-16,19H,1-4,8-11,13-14H2,(H,28,36)(H,29,37). The van der Waals surface area contributed by atoms with Crippen LogP contribution in [0.2, 0.25) is 0 Å². The van der Waals surface area contributed by atoms with Crippen molar-refractivity contribution in [2.45, 2.75) is 64.0 Å². The first-order valence-corrected chi connectivity index (χ1v) is 12.4. The summed E-state index contributed by atoms with van der Waals surface area (Å²) >= 11 is 0. The van der Waals surface area contributed by atoms with Crippen LogP contribution in [0.25, 0.3) is 0 Å².